The molecule has 6 nitrogen and oxygen atoms in total. The minimum atomic E-state index is -0.433. The maximum absolute atomic E-state index is 11.9. The van der Waals surface area contributed by atoms with Crippen molar-refractivity contribution in [3.63, 3.8) is 0 Å². The number of nitrogens with zero attached hydrogens (tertiary/aromatic N) is 2. The Hall–Kier alpha value is -2.70. The van der Waals surface area contributed by atoms with Gasteiger partial charge in [-0.25, -0.2) is 0 Å². The molecule has 0 saturated carbocycles. The molecule has 0 saturated heterocycles. The second-order valence-corrected chi connectivity index (χ2v) is 5.29. The highest BCUT2D eigenvalue weighted by atomic mass is 16.5. The lowest BCUT2D eigenvalue weighted by molar-refractivity contribution is -0.125. The highest BCUT2D eigenvalue weighted by Gasteiger charge is 2.15. The van der Waals surface area contributed by atoms with Gasteiger partial charge in [0.15, 0.2) is 0 Å². The zero-order chi connectivity index (χ0) is 17.4. The van der Waals surface area contributed by atoms with Crippen molar-refractivity contribution in [3.8, 4) is 0 Å². The smallest absolute Gasteiger partial charge is 0.250 e. The van der Waals surface area contributed by atoms with Crippen LogP contribution in [-0.2, 0) is 9.59 Å². The van der Waals surface area contributed by atoms with Crippen LogP contribution in [0.4, 0.5) is 11.4 Å². The van der Waals surface area contributed by atoms with E-state index in [9.17, 15) is 20.0 Å². The topological polar surface area (TPSA) is 81.1 Å². The molecule has 24 heavy (non-hydrogen) atoms. The van der Waals surface area contributed by atoms with Gasteiger partial charge in [0, 0.05) is 12.8 Å². The Bertz CT molecular complexity index is 602. The van der Waals surface area contributed by atoms with Gasteiger partial charge in [0.05, 0.1) is 11.4 Å². The minimum Gasteiger partial charge on any atom is -0.281 e. The van der Waals surface area contributed by atoms with Crippen LogP contribution in [0, 0.1) is 0 Å². The number of benzene rings is 2. The standard InChI is InChI=1S/C18H20N2O4/c21-17(19(23)15-9-3-1-4-10-15)13-7-8-14-18(22)20(24)16-11-5-2-6-12-16/h1-6,9-12,23-24H,7-8,13-14H2. The van der Waals surface area contributed by atoms with Gasteiger partial charge >= 0.3 is 0 Å². The molecule has 0 aliphatic rings. The maximum atomic E-state index is 11.9. The second kappa shape index (κ2) is 8.81. The largest absolute Gasteiger partial charge is 0.281 e. The van der Waals surface area contributed by atoms with Gasteiger partial charge in [-0.3, -0.25) is 20.0 Å². The molecule has 126 valence electrons. The van der Waals surface area contributed by atoms with Gasteiger partial charge in [-0.2, -0.15) is 10.1 Å². The molecule has 0 heterocycles. The lowest BCUT2D eigenvalue weighted by Gasteiger charge is -2.16. The number of unbranched alkanes of at least 4 members (excludes halogenated alkanes) is 1. The first-order chi connectivity index (χ1) is 11.6. The maximum Gasteiger partial charge on any atom is 0.250 e. The number of anilines is 2. The van der Waals surface area contributed by atoms with Crippen LogP contribution in [-0.4, -0.2) is 22.2 Å². The van der Waals surface area contributed by atoms with Crippen LogP contribution in [0.2, 0.25) is 0 Å². The summed E-state index contributed by atoms with van der Waals surface area (Å²) in [6, 6.07) is 17.0. The number of carbonyl (C=O) groups excluding carboxylic acids is 2. The Labute approximate surface area is 140 Å². The van der Waals surface area contributed by atoms with Crippen molar-refractivity contribution >= 4 is 23.2 Å². The monoisotopic (exact) mass is 328 g/mol. The first-order valence-corrected chi connectivity index (χ1v) is 7.73. The summed E-state index contributed by atoms with van der Waals surface area (Å²) < 4.78 is 0. The van der Waals surface area contributed by atoms with Gasteiger partial charge in [-0.1, -0.05) is 36.4 Å². The zero-order valence-corrected chi connectivity index (χ0v) is 13.2. The summed E-state index contributed by atoms with van der Waals surface area (Å²) >= 11 is 0. The molecule has 0 radical (unpaired) electrons. The van der Waals surface area contributed by atoms with Crippen LogP contribution in [0.5, 0.6) is 0 Å². The summed E-state index contributed by atoms with van der Waals surface area (Å²) in [6.45, 7) is 0. The number of hydroxylamine groups is 2. The van der Waals surface area contributed by atoms with E-state index in [-0.39, 0.29) is 12.8 Å². The van der Waals surface area contributed by atoms with E-state index in [0.29, 0.717) is 34.3 Å². The summed E-state index contributed by atoms with van der Waals surface area (Å²) in [5.74, 6) is -0.866. The molecule has 2 N–H and O–H groups in total. The van der Waals surface area contributed by atoms with Crippen molar-refractivity contribution in [2.24, 2.45) is 0 Å². The van der Waals surface area contributed by atoms with Crippen LogP contribution < -0.4 is 10.1 Å². The molecule has 2 rings (SSSR count). The van der Waals surface area contributed by atoms with E-state index >= 15 is 0 Å². The third-order valence-electron chi connectivity index (χ3n) is 3.51. The molecule has 0 spiro atoms. The van der Waals surface area contributed by atoms with E-state index in [1.54, 1.807) is 60.7 Å². The number of hydrogen-bond acceptors (Lipinski definition) is 4. The molecule has 0 aromatic heterocycles. The molecule has 0 atom stereocenters. The quantitative estimate of drug-likeness (QED) is 0.464. The fourth-order valence-electron chi connectivity index (χ4n) is 2.19. The van der Waals surface area contributed by atoms with Gasteiger partial charge < -0.3 is 0 Å². The SMILES string of the molecule is O=C(CCCCC(=O)N(O)c1ccccc1)N(O)c1ccccc1. The third-order valence-corrected chi connectivity index (χ3v) is 3.51. The molecule has 0 aliphatic heterocycles. The minimum absolute atomic E-state index is 0.120. The average molecular weight is 328 g/mol. The number of carbonyl (C=O) groups is 2. The van der Waals surface area contributed by atoms with Crippen LogP contribution in [0.3, 0.4) is 0 Å². The van der Waals surface area contributed by atoms with Crippen LogP contribution in [0.15, 0.2) is 60.7 Å². The molecular formula is C18H20N2O4. The first kappa shape index (κ1) is 17.7. The van der Waals surface area contributed by atoms with Gasteiger partial charge in [0.1, 0.15) is 0 Å². The summed E-state index contributed by atoms with van der Waals surface area (Å²) in [6.07, 6.45) is 1.12. The van der Waals surface area contributed by atoms with E-state index in [0.717, 1.165) is 0 Å². The van der Waals surface area contributed by atoms with E-state index in [1.807, 2.05) is 0 Å². The van der Waals surface area contributed by atoms with Crippen LogP contribution in [0.25, 0.3) is 0 Å². The Morgan fingerprint density at radius 2 is 1.00 bits per heavy atom. The molecule has 6 heteroatoms. The van der Waals surface area contributed by atoms with Crippen molar-refractivity contribution in [3.05, 3.63) is 60.7 Å². The predicted molar refractivity (Wildman–Crippen MR) is 89.9 cm³/mol. The molecule has 2 aromatic carbocycles. The van der Waals surface area contributed by atoms with Crippen molar-refractivity contribution in [1.29, 1.82) is 0 Å². The average Bonchev–Trinajstić information content (AvgIpc) is 2.65. The molecule has 0 unspecified atom stereocenters. The van der Waals surface area contributed by atoms with Gasteiger partial charge in [-0.05, 0) is 37.1 Å². The van der Waals surface area contributed by atoms with Crippen LogP contribution in [0.1, 0.15) is 25.7 Å². The highest BCUT2D eigenvalue weighted by Crippen LogP contribution is 2.15. The molecule has 2 amide bonds. The summed E-state index contributed by atoms with van der Waals surface area (Å²) in [5.41, 5.74) is 0.813. The zero-order valence-electron chi connectivity index (χ0n) is 13.2. The highest BCUT2D eigenvalue weighted by molar-refractivity contribution is 5.91. The molecule has 0 bridgehead atoms. The third kappa shape index (κ3) is 4.91. The number of rotatable bonds is 7. The summed E-state index contributed by atoms with van der Waals surface area (Å²) in [7, 11) is 0. The Morgan fingerprint density at radius 3 is 1.33 bits per heavy atom. The lowest BCUT2D eigenvalue weighted by Crippen LogP contribution is -2.27. The number of hydrogen-bond donors (Lipinski definition) is 2. The van der Waals surface area contributed by atoms with E-state index in [2.05, 4.69) is 0 Å². The Morgan fingerprint density at radius 1 is 0.667 bits per heavy atom. The van der Waals surface area contributed by atoms with Crippen LogP contribution >= 0.6 is 0 Å². The molecule has 2 aromatic rings. The lowest BCUT2D eigenvalue weighted by atomic mass is 10.1. The normalized spacial score (nSPS) is 10.2. The van der Waals surface area contributed by atoms with E-state index in [4.69, 9.17) is 0 Å². The molecular weight excluding hydrogens is 308 g/mol. The number of para-hydroxylation sites is 2. The van der Waals surface area contributed by atoms with Crippen molar-refractivity contribution in [1.82, 2.24) is 0 Å². The Kier molecular flexibility index (Phi) is 6.48. The van der Waals surface area contributed by atoms with Crippen molar-refractivity contribution < 1.29 is 20.0 Å². The fourth-order valence-corrected chi connectivity index (χ4v) is 2.19. The fraction of sp³-hybridized carbons (Fsp3) is 0.222. The summed E-state index contributed by atoms with van der Waals surface area (Å²) in [4.78, 5) is 23.7. The van der Waals surface area contributed by atoms with Crippen molar-refractivity contribution in [2.75, 3.05) is 10.1 Å². The predicted octanol–water partition coefficient (Wildman–Crippen LogP) is 3.39. The van der Waals surface area contributed by atoms with Gasteiger partial charge in [-0.15, -0.1) is 0 Å². The van der Waals surface area contributed by atoms with E-state index in [1.165, 1.54) is 0 Å². The number of amides is 2. The second-order valence-electron chi connectivity index (χ2n) is 5.29. The van der Waals surface area contributed by atoms with Gasteiger partial charge in [0.25, 0.3) is 11.8 Å². The van der Waals surface area contributed by atoms with Crippen molar-refractivity contribution in [2.45, 2.75) is 25.7 Å². The molecule has 0 aliphatic carbocycles. The van der Waals surface area contributed by atoms with Gasteiger partial charge in [0.2, 0.25) is 0 Å². The Balaban J connectivity index is 1.72. The summed E-state index contributed by atoms with van der Waals surface area (Å²) in [5, 5.41) is 20.8. The van der Waals surface area contributed by atoms with E-state index < -0.39 is 11.8 Å². The molecule has 0 fully saturated rings. The first-order valence-electron chi connectivity index (χ1n) is 7.73.